The molecular formula is C75H150N2O6P+. The van der Waals surface area contributed by atoms with Gasteiger partial charge in [0.1, 0.15) is 13.2 Å². The summed E-state index contributed by atoms with van der Waals surface area (Å²) in [6.45, 7) is 4.86. The van der Waals surface area contributed by atoms with Gasteiger partial charge in [-0.15, -0.1) is 0 Å². The third-order valence-corrected chi connectivity index (χ3v) is 18.7. The maximum Gasteiger partial charge on any atom is 0.472 e. The number of carbonyl (C=O) groups excluding carboxylic acids is 1. The Morgan fingerprint density at radius 1 is 0.393 bits per heavy atom. The van der Waals surface area contributed by atoms with Gasteiger partial charge in [-0.3, -0.25) is 13.8 Å². The highest BCUT2D eigenvalue weighted by Gasteiger charge is 2.28. The van der Waals surface area contributed by atoms with Crippen LogP contribution in [-0.2, 0) is 18.4 Å². The molecule has 0 fully saturated rings. The zero-order valence-electron chi connectivity index (χ0n) is 57.4. The predicted octanol–water partition coefficient (Wildman–Crippen LogP) is 24.2. The predicted molar refractivity (Wildman–Crippen MR) is 369 cm³/mol. The highest BCUT2D eigenvalue weighted by atomic mass is 31.2. The van der Waals surface area contributed by atoms with Crippen molar-refractivity contribution in [3.63, 3.8) is 0 Å². The maximum atomic E-state index is 13.1. The summed E-state index contributed by atoms with van der Waals surface area (Å²) < 4.78 is 23.8. The average Bonchev–Trinajstić information content (AvgIpc) is 3.56. The number of phosphoric acid groups is 1. The van der Waals surface area contributed by atoms with E-state index in [1.54, 1.807) is 6.08 Å². The van der Waals surface area contributed by atoms with Crippen molar-refractivity contribution in [2.45, 2.75) is 411 Å². The van der Waals surface area contributed by atoms with Crippen LogP contribution in [-0.4, -0.2) is 73.4 Å². The zero-order chi connectivity index (χ0) is 61.2. The van der Waals surface area contributed by atoms with Crippen molar-refractivity contribution in [1.29, 1.82) is 0 Å². The first-order chi connectivity index (χ1) is 41.0. The Kier molecular flexibility index (Phi) is 65.6. The molecule has 0 aliphatic carbocycles. The highest BCUT2D eigenvalue weighted by Crippen LogP contribution is 2.43. The van der Waals surface area contributed by atoms with Gasteiger partial charge in [-0.1, -0.05) is 385 Å². The molecule has 0 saturated heterocycles. The van der Waals surface area contributed by atoms with Crippen molar-refractivity contribution in [2.24, 2.45) is 0 Å². The second kappa shape index (κ2) is 66.4. The van der Waals surface area contributed by atoms with E-state index in [0.29, 0.717) is 17.4 Å². The van der Waals surface area contributed by atoms with Crippen LogP contribution in [0, 0.1) is 0 Å². The summed E-state index contributed by atoms with van der Waals surface area (Å²) in [7, 11) is 1.58. The van der Waals surface area contributed by atoms with Crippen molar-refractivity contribution in [3.8, 4) is 0 Å². The van der Waals surface area contributed by atoms with Crippen LogP contribution in [0.2, 0.25) is 0 Å². The molecule has 0 aliphatic rings. The van der Waals surface area contributed by atoms with Crippen LogP contribution in [0.5, 0.6) is 0 Å². The monoisotopic (exact) mass is 1210 g/mol. The van der Waals surface area contributed by atoms with E-state index in [4.69, 9.17) is 9.05 Å². The third kappa shape index (κ3) is 68.5. The van der Waals surface area contributed by atoms with Crippen molar-refractivity contribution in [1.82, 2.24) is 5.32 Å². The number of nitrogens with one attached hydrogen (secondary N) is 1. The number of nitrogens with zero attached hydrogens (tertiary/aromatic N) is 1. The van der Waals surface area contributed by atoms with E-state index in [9.17, 15) is 19.4 Å². The topological polar surface area (TPSA) is 105 Å². The van der Waals surface area contributed by atoms with Gasteiger partial charge in [0.15, 0.2) is 0 Å². The van der Waals surface area contributed by atoms with Crippen molar-refractivity contribution in [3.05, 3.63) is 24.3 Å². The van der Waals surface area contributed by atoms with Crippen molar-refractivity contribution >= 4 is 13.7 Å². The molecule has 0 spiro atoms. The molecule has 0 heterocycles. The molecule has 8 nitrogen and oxygen atoms in total. The molecule has 0 aliphatic heterocycles. The molecular weight excluding hydrogens is 1060 g/mol. The minimum Gasteiger partial charge on any atom is -0.387 e. The van der Waals surface area contributed by atoms with Crippen LogP contribution in [0.3, 0.4) is 0 Å². The highest BCUT2D eigenvalue weighted by molar-refractivity contribution is 7.47. The van der Waals surface area contributed by atoms with Crippen LogP contribution in [0.1, 0.15) is 399 Å². The molecule has 0 aromatic carbocycles. The number of allylic oxidation sites excluding steroid dienone is 3. The Bertz CT molecular complexity index is 1420. The fraction of sp³-hybridized carbons (Fsp3) is 0.933. The van der Waals surface area contributed by atoms with Crippen molar-refractivity contribution < 1.29 is 32.9 Å². The van der Waals surface area contributed by atoms with E-state index in [0.717, 1.165) is 38.5 Å². The number of phosphoric ester groups is 1. The maximum absolute atomic E-state index is 13.1. The first-order valence-corrected chi connectivity index (χ1v) is 39.2. The summed E-state index contributed by atoms with van der Waals surface area (Å²) in [5.41, 5.74) is 0. The van der Waals surface area contributed by atoms with Crippen LogP contribution in [0.4, 0.5) is 0 Å². The summed E-state index contributed by atoms with van der Waals surface area (Å²) in [6, 6.07) is -0.862. The molecule has 500 valence electrons. The number of hydrogen-bond acceptors (Lipinski definition) is 5. The molecule has 1 amide bonds. The minimum atomic E-state index is -4.36. The Hall–Kier alpha value is -1.02. The van der Waals surface area contributed by atoms with Crippen LogP contribution >= 0.6 is 7.82 Å². The summed E-state index contributed by atoms with van der Waals surface area (Å²) in [4.78, 5) is 23.4. The molecule has 3 N–H and O–H groups in total. The second-order valence-electron chi connectivity index (χ2n) is 27.4. The number of aliphatic hydroxyl groups excluding tert-OH is 1. The van der Waals surface area contributed by atoms with E-state index < -0.39 is 20.0 Å². The molecule has 84 heavy (non-hydrogen) atoms. The van der Waals surface area contributed by atoms with Gasteiger partial charge in [0.2, 0.25) is 5.91 Å². The van der Waals surface area contributed by atoms with Crippen LogP contribution in [0.25, 0.3) is 0 Å². The number of unbranched alkanes of at least 4 members (excludes halogenated alkanes) is 56. The van der Waals surface area contributed by atoms with Gasteiger partial charge in [-0.25, -0.2) is 4.57 Å². The Balaban J connectivity index is 3.91. The van der Waals surface area contributed by atoms with Gasteiger partial charge < -0.3 is 19.8 Å². The molecule has 0 bridgehead atoms. The van der Waals surface area contributed by atoms with Gasteiger partial charge in [0.25, 0.3) is 0 Å². The second-order valence-corrected chi connectivity index (χ2v) is 28.8. The zero-order valence-corrected chi connectivity index (χ0v) is 58.3. The Morgan fingerprint density at radius 3 is 0.952 bits per heavy atom. The fourth-order valence-corrected chi connectivity index (χ4v) is 12.6. The van der Waals surface area contributed by atoms with Gasteiger partial charge in [-0.05, 0) is 32.1 Å². The molecule has 3 atom stereocenters. The minimum absolute atomic E-state index is 0.0591. The molecule has 0 rings (SSSR count). The number of hydrogen-bond donors (Lipinski definition) is 3. The number of rotatable bonds is 71. The van der Waals surface area contributed by atoms with Gasteiger partial charge in [0, 0.05) is 6.42 Å². The SMILES string of the molecule is CCCCCCCCCCCCCCCCCC/C=C/CC/C=C/C(O)C(COP(=O)(O)OCC[N+](C)(C)C)NC(=O)CCCCCCCCCCCCCCCCCCCCCCCCCCCCCCCCCCCCCCCCCC. The van der Waals surface area contributed by atoms with E-state index in [1.807, 2.05) is 27.2 Å². The molecule has 0 saturated carbocycles. The standard InChI is InChI=1S/C75H149N2O6P/c1-6-8-10-12-14-16-18-20-22-24-26-28-30-31-32-33-34-35-36-37-38-39-40-41-42-43-44-45-46-47-49-51-53-55-57-59-61-63-65-67-69-75(79)76-73(72-83-84(80,81)82-71-70-77(3,4)5)74(78)68-66-64-62-60-58-56-54-52-50-48-29-27-25-23-21-19-17-15-13-11-9-7-2/h58,60,66,68,73-74,78H,6-57,59,61-65,67,69-72H2,1-5H3,(H-,76,79,80,81)/p+1/b60-58+,68-66+. The molecule has 0 radical (unpaired) electrons. The van der Waals surface area contributed by atoms with Gasteiger partial charge in [0.05, 0.1) is 39.9 Å². The number of amides is 1. The molecule has 0 aromatic heterocycles. The summed E-state index contributed by atoms with van der Waals surface area (Å²) in [6.07, 6.45) is 88.0. The summed E-state index contributed by atoms with van der Waals surface area (Å²) in [5.74, 6) is -0.177. The lowest BCUT2D eigenvalue weighted by atomic mass is 10.0. The molecule has 9 heteroatoms. The first-order valence-electron chi connectivity index (χ1n) is 37.7. The number of aliphatic hydroxyl groups is 1. The van der Waals surface area contributed by atoms with E-state index in [1.165, 1.54) is 340 Å². The quantitative estimate of drug-likeness (QED) is 0.0243. The first kappa shape index (κ1) is 83.0. The number of carbonyl (C=O) groups is 1. The Labute approximate surface area is 525 Å². The number of quaternary nitrogens is 1. The Morgan fingerprint density at radius 2 is 0.655 bits per heavy atom. The van der Waals surface area contributed by atoms with E-state index in [2.05, 4.69) is 31.3 Å². The van der Waals surface area contributed by atoms with E-state index in [-0.39, 0.29) is 19.1 Å². The number of likely N-dealkylation sites (N-methyl/N-ethyl adjacent to an activating group) is 1. The lowest BCUT2D eigenvalue weighted by Gasteiger charge is -2.25. The summed E-state index contributed by atoms with van der Waals surface area (Å²) in [5, 5.41) is 14.0. The van der Waals surface area contributed by atoms with Crippen LogP contribution < -0.4 is 5.32 Å². The lowest BCUT2D eigenvalue weighted by molar-refractivity contribution is -0.870. The molecule has 3 unspecified atom stereocenters. The lowest BCUT2D eigenvalue weighted by Crippen LogP contribution is -2.45. The fourth-order valence-electron chi connectivity index (χ4n) is 11.8. The van der Waals surface area contributed by atoms with Gasteiger partial charge >= 0.3 is 7.82 Å². The van der Waals surface area contributed by atoms with E-state index >= 15 is 0 Å². The summed E-state index contributed by atoms with van der Waals surface area (Å²) >= 11 is 0. The van der Waals surface area contributed by atoms with Crippen LogP contribution in [0.15, 0.2) is 24.3 Å². The van der Waals surface area contributed by atoms with Crippen molar-refractivity contribution in [2.75, 3.05) is 40.9 Å². The smallest absolute Gasteiger partial charge is 0.387 e. The third-order valence-electron chi connectivity index (χ3n) is 17.7. The largest absolute Gasteiger partial charge is 0.472 e. The molecule has 0 aromatic rings. The normalized spacial score (nSPS) is 13.7. The van der Waals surface area contributed by atoms with Gasteiger partial charge in [-0.2, -0.15) is 0 Å². The average molecular weight is 1210 g/mol.